The van der Waals surface area contributed by atoms with Crippen LogP contribution in [-0.4, -0.2) is 35.6 Å². The molecule has 2 unspecified atom stereocenters. The highest BCUT2D eigenvalue weighted by Gasteiger charge is 2.41. The average Bonchev–Trinajstić information content (AvgIpc) is 2.39. The van der Waals surface area contributed by atoms with Crippen molar-refractivity contribution in [2.75, 3.05) is 13.1 Å². The van der Waals surface area contributed by atoms with E-state index in [4.69, 9.17) is 0 Å². The van der Waals surface area contributed by atoms with Crippen molar-refractivity contribution in [2.45, 2.75) is 76.9 Å². The first-order valence-electron chi connectivity index (χ1n) is 8.20. The lowest BCUT2D eigenvalue weighted by Crippen LogP contribution is -2.67. The minimum absolute atomic E-state index is 0.416. The lowest BCUT2D eigenvalue weighted by molar-refractivity contribution is 0.0117. The monoisotopic (exact) mass is 264 g/mol. The molecule has 1 heterocycles. The van der Waals surface area contributed by atoms with E-state index in [0.717, 1.165) is 12.3 Å². The van der Waals surface area contributed by atoms with Gasteiger partial charge >= 0.3 is 0 Å². The van der Waals surface area contributed by atoms with Crippen LogP contribution < -0.4 is 5.32 Å². The fourth-order valence-corrected chi connectivity index (χ4v) is 4.00. The van der Waals surface area contributed by atoms with Gasteiger partial charge in [0.05, 0.1) is 0 Å². The van der Waals surface area contributed by atoms with E-state index >= 15 is 0 Å². The molecule has 1 aliphatic carbocycles. The van der Waals surface area contributed by atoms with Crippen LogP contribution in [0.3, 0.4) is 0 Å². The molecule has 0 amide bonds. The maximum atomic E-state index is 3.93. The zero-order chi connectivity index (χ0) is 13.9. The Hall–Kier alpha value is -0.340. The highest BCUT2D eigenvalue weighted by Crippen LogP contribution is 2.34. The Labute approximate surface area is 119 Å². The quantitative estimate of drug-likeness (QED) is 0.781. The predicted molar refractivity (Wildman–Crippen MR) is 83.4 cm³/mol. The van der Waals surface area contributed by atoms with Gasteiger partial charge in [0.25, 0.3) is 0 Å². The SMILES string of the molecule is C=CCC(C)N1CC2(CCCCC2)NCC1C(C)C. The van der Waals surface area contributed by atoms with Gasteiger partial charge in [-0.25, -0.2) is 0 Å². The summed E-state index contributed by atoms with van der Waals surface area (Å²) in [5.74, 6) is 0.723. The van der Waals surface area contributed by atoms with Crippen LogP contribution in [0.4, 0.5) is 0 Å². The summed E-state index contributed by atoms with van der Waals surface area (Å²) in [7, 11) is 0. The van der Waals surface area contributed by atoms with E-state index in [2.05, 4.69) is 43.6 Å². The second-order valence-corrected chi connectivity index (χ2v) is 7.08. The molecule has 0 aromatic carbocycles. The highest BCUT2D eigenvalue weighted by molar-refractivity contribution is 5.02. The molecule has 2 aliphatic rings. The molecular weight excluding hydrogens is 232 g/mol. The molecule has 1 spiro atoms. The molecule has 2 atom stereocenters. The van der Waals surface area contributed by atoms with Gasteiger partial charge in [0.15, 0.2) is 0 Å². The molecule has 2 nitrogen and oxygen atoms in total. The Bertz CT molecular complexity index is 292. The summed E-state index contributed by atoms with van der Waals surface area (Å²) >= 11 is 0. The van der Waals surface area contributed by atoms with Gasteiger partial charge in [-0.1, -0.05) is 39.2 Å². The van der Waals surface area contributed by atoms with E-state index in [1.807, 2.05) is 0 Å². The van der Waals surface area contributed by atoms with Crippen molar-refractivity contribution in [2.24, 2.45) is 5.92 Å². The Kier molecular flexibility index (Phi) is 5.08. The van der Waals surface area contributed by atoms with Crippen LogP contribution in [0.1, 0.15) is 59.3 Å². The van der Waals surface area contributed by atoms with Crippen LogP contribution in [0.15, 0.2) is 12.7 Å². The molecule has 1 aliphatic heterocycles. The Morgan fingerprint density at radius 1 is 1.26 bits per heavy atom. The normalized spacial score (nSPS) is 29.6. The topological polar surface area (TPSA) is 15.3 Å². The van der Waals surface area contributed by atoms with Gasteiger partial charge in [-0.05, 0) is 32.1 Å². The van der Waals surface area contributed by atoms with Crippen LogP contribution in [0.25, 0.3) is 0 Å². The summed E-state index contributed by atoms with van der Waals surface area (Å²) in [5.41, 5.74) is 0.416. The van der Waals surface area contributed by atoms with Crippen LogP contribution in [0, 0.1) is 5.92 Å². The van der Waals surface area contributed by atoms with E-state index in [-0.39, 0.29) is 0 Å². The molecular formula is C17H32N2. The van der Waals surface area contributed by atoms with Crippen molar-refractivity contribution in [1.82, 2.24) is 10.2 Å². The molecule has 1 saturated heterocycles. The Morgan fingerprint density at radius 2 is 1.95 bits per heavy atom. The van der Waals surface area contributed by atoms with Gasteiger partial charge in [0, 0.05) is 30.7 Å². The van der Waals surface area contributed by atoms with Gasteiger partial charge in [-0.3, -0.25) is 4.90 Å². The summed E-state index contributed by atoms with van der Waals surface area (Å²) in [5, 5.41) is 3.93. The zero-order valence-electron chi connectivity index (χ0n) is 13.1. The zero-order valence-corrected chi connectivity index (χ0v) is 13.1. The summed E-state index contributed by atoms with van der Waals surface area (Å²) in [6.45, 7) is 13.4. The molecule has 1 saturated carbocycles. The Morgan fingerprint density at radius 3 is 2.53 bits per heavy atom. The van der Waals surface area contributed by atoms with Crippen LogP contribution in [0.5, 0.6) is 0 Å². The molecule has 0 radical (unpaired) electrons. The molecule has 2 rings (SSSR count). The second-order valence-electron chi connectivity index (χ2n) is 7.08. The first-order chi connectivity index (χ1) is 9.08. The lowest BCUT2D eigenvalue weighted by atomic mass is 9.78. The fourth-order valence-electron chi connectivity index (χ4n) is 4.00. The van der Waals surface area contributed by atoms with Crippen molar-refractivity contribution in [3.05, 3.63) is 12.7 Å². The van der Waals surface area contributed by atoms with E-state index in [1.54, 1.807) is 0 Å². The Balaban J connectivity index is 2.09. The van der Waals surface area contributed by atoms with Crippen LogP contribution in [0.2, 0.25) is 0 Å². The van der Waals surface area contributed by atoms with Crippen molar-refractivity contribution in [1.29, 1.82) is 0 Å². The number of hydrogen-bond donors (Lipinski definition) is 1. The number of piperazine rings is 1. The standard InChI is InChI=1S/C17H32N2/c1-5-9-15(4)19-13-17(10-7-6-8-11-17)18-12-16(19)14(2)3/h5,14-16,18H,1,6-13H2,2-4H3. The summed E-state index contributed by atoms with van der Waals surface area (Å²) in [4.78, 5) is 2.77. The first-order valence-corrected chi connectivity index (χ1v) is 8.20. The van der Waals surface area contributed by atoms with Gasteiger partial charge < -0.3 is 5.32 Å². The molecule has 0 bridgehead atoms. The lowest BCUT2D eigenvalue weighted by Gasteiger charge is -2.52. The van der Waals surface area contributed by atoms with E-state index in [1.165, 1.54) is 45.2 Å². The maximum absolute atomic E-state index is 3.93. The molecule has 19 heavy (non-hydrogen) atoms. The number of hydrogen-bond acceptors (Lipinski definition) is 2. The third kappa shape index (κ3) is 3.41. The minimum atomic E-state index is 0.416. The average molecular weight is 264 g/mol. The van der Waals surface area contributed by atoms with E-state index < -0.39 is 0 Å². The molecule has 0 aromatic heterocycles. The molecule has 1 N–H and O–H groups in total. The number of rotatable bonds is 4. The predicted octanol–water partition coefficient (Wildman–Crippen LogP) is 3.58. The first kappa shape index (κ1) is 15.1. The third-order valence-corrected chi connectivity index (χ3v) is 5.25. The van der Waals surface area contributed by atoms with E-state index in [9.17, 15) is 0 Å². The molecule has 0 aromatic rings. The van der Waals surface area contributed by atoms with Gasteiger partial charge in [0.2, 0.25) is 0 Å². The molecule has 2 heteroatoms. The van der Waals surface area contributed by atoms with Crippen LogP contribution >= 0.6 is 0 Å². The largest absolute Gasteiger partial charge is 0.308 e. The number of nitrogens with one attached hydrogen (secondary N) is 1. The van der Waals surface area contributed by atoms with Gasteiger partial charge in [-0.15, -0.1) is 6.58 Å². The van der Waals surface area contributed by atoms with Gasteiger partial charge in [-0.2, -0.15) is 0 Å². The second kappa shape index (κ2) is 6.41. The third-order valence-electron chi connectivity index (χ3n) is 5.25. The summed E-state index contributed by atoms with van der Waals surface area (Å²) in [6.07, 6.45) is 10.2. The van der Waals surface area contributed by atoms with E-state index in [0.29, 0.717) is 17.6 Å². The minimum Gasteiger partial charge on any atom is -0.308 e. The smallest absolute Gasteiger partial charge is 0.0309 e. The van der Waals surface area contributed by atoms with Gasteiger partial charge in [0.1, 0.15) is 0 Å². The summed E-state index contributed by atoms with van der Waals surface area (Å²) < 4.78 is 0. The summed E-state index contributed by atoms with van der Waals surface area (Å²) in [6, 6.07) is 1.31. The molecule has 110 valence electrons. The number of nitrogens with zero attached hydrogens (tertiary/aromatic N) is 1. The van der Waals surface area contributed by atoms with Crippen molar-refractivity contribution in [3.8, 4) is 0 Å². The highest BCUT2D eigenvalue weighted by atomic mass is 15.3. The van der Waals surface area contributed by atoms with Crippen molar-refractivity contribution < 1.29 is 0 Å². The molecule has 2 fully saturated rings. The van der Waals surface area contributed by atoms with Crippen molar-refractivity contribution in [3.63, 3.8) is 0 Å². The van der Waals surface area contributed by atoms with Crippen molar-refractivity contribution >= 4 is 0 Å². The fraction of sp³-hybridized carbons (Fsp3) is 0.882. The van der Waals surface area contributed by atoms with Crippen LogP contribution in [-0.2, 0) is 0 Å². The maximum Gasteiger partial charge on any atom is 0.0309 e.